The topological polar surface area (TPSA) is 138 Å². The Kier molecular flexibility index (Phi) is 11.4. The number of hydrogen-bond acceptors (Lipinski definition) is 6. The summed E-state index contributed by atoms with van der Waals surface area (Å²) in [7, 11) is 0. The molecule has 0 radical (unpaired) electrons. The molecule has 16 heteroatoms. The normalized spacial score (nSPS) is 12.1. The fraction of sp³-hybridized carbons (Fsp3) is 0. The van der Waals surface area contributed by atoms with E-state index in [1.165, 1.54) is 0 Å². The Morgan fingerprint density at radius 2 is 0.550 bits per heavy atom. The van der Waals surface area contributed by atoms with E-state index < -0.39 is 0 Å². The van der Waals surface area contributed by atoms with Gasteiger partial charge in [0.2, 0.25) is 0 Å². The van der Waals surface area contributed by atoms with Crippen LogP contribution in [0.2, 0.25) is 0 Å². The standard InChI is InChI=1S/C44H22Br8N4O4/c45-17-9-21(41(57)25(49)13-17)37-29-1-2-30(53-29)38(22-10-18(46)14-26(50)42(22)58)32-5-6-34(55-32)40(24-12-20(48)16-28(52)44(24)60)36-8-7-35(56-36)39(33-4-3-31(37)54-33)23-11-19(47)15-27(51)43(23)59/h1-16,53,56-60H. The number of aromatic hydroxyl groups is 4. The Morgan fingerprint density at radius 3 is 0.767 bits per heavy atom. The fourth-order valence-corrected chi connectivity index (χ4v) is 12.3. The van der Waals surface area contributed by atoms with Gasteiger partial charge in [-0.15, -0.1) is 0 Å². The number of H-pyrrole nitrogens is 2. The molecule has 0 saturated heterocycles. The molecular formula is C44H22Br8N4O4. The van der Waals surface area contributed by atoms with Crippen LogP contribution in [-0.2, 0) is 0 Å². The predicted octanol–water partition coefficient (Wildman–Crippen LogP) is 16.2. The third-order valence-corrected chi connectivity index (χ3v) is 14.2. The van der Waals surface area contributed by atoms with E-state index in [0.29, 0.717) is 107 Å². The van der Waals surface area contributed by atoms with Gasteiger partial charge in [0.15, 0.2) is 0 Å². The lowest BCUT2D eigenvalue weighted by molar-refractivity contribution is 0.473. The highest BCUT2D eigenvalue weighted by atomic mass is 79.9. The molecule has 0 spiro atoms. The number of hydrogen-bond donors (Lipinski definition) is 6. The molecule has 7 aromatic rings. The number of fused-ring (bicyclic) bond motifs is 8. The molecule has 60 heavy (non-hydrogen) atoms. The summed E-state index contributed by atoms with van der Waals surface area (Å²) in [6.07, 6.45) is 7.47. The van der Waals surface area contributed by atoms with Crippen molar-refractivity contribution < 1.29 is 20.4 Å². The largest absolute Gasteiger partial charge is 0.506 e. The minimum Gasteiger partial charge on any atom is -0.506 e. The van der Waals surface area contributed by atoms with E-state index in [-0.39, 0.29) is 23.0 Å². The zero-order valence-electron chi connectivity index (χ0n) is 29.9. The summed E-state index contributed by atoms with van der Waals surface area (Å²) in [6, 6.07) is 21.9. The molecule has 0 fully saturated rings. The first-order valence-corrected chi connectivity index (χ1v) is 23.9. The van der Waals surface area contributed by atoms with Gasteiger partial charge >= 0.3 is 0 Å². The number of benzene rings is 4. The van der Waals surface area contributed by atoms with Crippen LogP contribution in [-0.4, -0.2) is 40.4 Å². The number of halogens is 8. The quantitative estimate of drug-likeness (QED) is 0.104. The van der Waals surface area contributed by atoms with Crippen molar-refractivity contribution in [3.8, 4) is 67.5 Å². The molecule has 5 heterocycles. The van der Waals surface area contributed by atoms with Crippen LogP contribution in [0.5, 0.6) is 23.0 Å². The van der Waals surface area contributed by atoms with Crippen LogP contribution < -0.4 is 0 Å². The molecule has 2 aliphatic rings. The third kappa shape index (κ3) is 7.48. The van der Waals surface area contributed by atoms with Crippen molar-refractivity contribution >= 4 is 174 Å². The number of rotatable bonds is 4. The van der Waals surface area contributed by atoms with Crippen molar-refractivity contribution in [2.24, 2.45) is 0 Å². The van der Waals surface area contributed by atoms with Crippen molar-refractivity contribution in [1.82, 2.24) is 19.9 Å². The van der Waals surface area contributed by atoms with Gasteiger partial charge in [-0.2, -0.15) is 0 Å². The van der Waals surface area contributed by atoms with E-state index in [9.17, 15) is 20.4 Å². The molecule has 0 saturated carbocycles. The van der Waals surface area contributed by atoms with Crippen LogP contribution in [0.3, 0.4) is 0 Å². The molecule has 3 aromatic heterocycles. The molecule has 0 unspecified atom stereocenters. The van der Waals surface area contributed by atoms with E-state index in [4.69, 9.17) is 9.97 Å². The Bertz CT molecular complexity index is 2850. The summed E-state index contributed by atoms with van der Waals surface area (Å²) in [6.45, 7) is 0. The molecular weight excluding hydrogens is 1290 g/mol. The summed E-state index contributed by atoms with van der Waals surface area (Å²) in [5, 5.41) is 46.6. The second-order valence-corrected chi connectivity index (χ2v) is 20.7. The molecule has 8 nitrogen and oxygen atoms in total. The molecule has 0 atom stereocenters. The molecule has 6 N–H and O–H groups in total. The molecule has 2 aliphatic heterocycles. The Morgan fingerprint density at radius 1 is 0.333 bits per heavy atom. The van der Waals surface area contributed by atoms with Gasteiger partial charge in [-0.3, -0.25) is 0 Å². The van der Waals surface area contributed by atoms with E-state index in [1.54, 1.807) is 24.3 Å². The first-order chi connectivity index (χ1) is 28.7. The number of phenols is 4. The van der Waals surface area contributed by atoms with E-state index in [2.05, 4.69) is 137 Å². The molecule has 8 bridgehead atoms. The lowest BCUT2D eigenvalue weighted by Gasteiger charge is -2.11. The smallest absolute Gasteiger partial charge is 0.137 e. The summed E-state index contributed by atoms with van der Waals surface area (Å²) in [4.78, 5) is 17.7. The predicted molar refractivity (Wildman–Crippen MR) is 269 cm³/mol. The zero-order valence-corrected chi connectivity index (χ0v) is 42.6. The van der Waals surface area contributed by atoms with Gasteiger partial charge in [-0.05, 0) is 161 Å². The first kappa shape index (κ1) is 41.9. The molecule has 4 aromatic carbocycles. The average Bonchev–Trinajstić information content (AvgIpc) is 4.03. The number of nitrogens with zero attached hydrogens (tertiary/aromatic N) is 2. The summed E-state index contributed by atoms with van der Waals surface area (Å²) in [5.74, 6) is 0.00258. The maximum atomic E-state index is 11.6. The highest BCUT2D eigenvalue weighted by molar-refractivity contribution is 9.12. The van der Waals surface area contributed by atoms with Gasteiger partial charge < -0.3 is 30.4 Å². The van der Waals surface area contributed by atoms with Crippen molar-refractivity contribution in [2.75, 3.05) is 0 Å². The van der Waals surface area contributed by atoms with Crippen LogP contribution in [0.15, 0.2) is 109 Å². The molecule has 0 amide bonds. The third-order valence-electron chi connectivity index (χ3n) is 9.94. The summed E-state index contributed by atoms with van der Waals surface area (Å²) in [5.41, 5.74) is 8.71. The van der Waals surface area contributed by atoms with E-state index >= 15 is 0 Å². The lowest BCUT2D eigenvalue weighted by Crippen LogP contribution is -1.91. The molecule has 298 valence electrons. The minimum absolute atomic E-state index is 0.000646. The van der Waals surface area contributed by atoms with Crippen LogP contribution in [0.1, 0.15) is 22.8 Å². The van der Waals surface area contributed by atoms with Crippen LogP contribution in [0.25, 0.3) is 90.9 Å². The highest BCUT2D eigenvalue weighted by Crippen LogP contribution is 2.48. The maximum absolute atomic E-state index is 11.6. The van der Waals surface area contributed by atoms with Gasteiger partial charge in [-0.25, -0.2) is 9.97 Å². The second-order valence-electron chi connectivity index (χ2n) is 13.6. The molecule has 0 aliphatic carbocycles. The fourth-order valence-electron chi connectivity index (χ4n) is 7.37. The van der Waals surface area contributed by atoms with Gasteiger partial charge in [0.05, 0.1) is 40.7 Å². The van der Waals surface area contributed by atoms with Crippen LogP contribution >= 0.6 is 127 Å². The summed E-state index contributed by atoms with van der Waals surface area (Å²) >= 11 is 28.6. The summed E-state index contributed by atoms with van der Waals surface area (Å²) < 4.78 is 4.76. The Labute approximate surface area is 408 Å². The van der Waals surface area contributed by atoms with Gasteiger partial charge in [0.1, 0.15) is 23.0 Å². The first-order valence-electron chi connectivity index (χ1n) is 17.6. The van der Waals surface area contributed by atoms with Gasteiger partial charge in [0, 0.05) is 84.5 Å². The monoisotopic (exact) mass is 1300 g/mol. The number of nitrogens with one attached hydrogen (secondary N) is 2. The second kappa shape index (κ2) is 16.3. The number of phenolic OH excluding ortho intramolecular Hbond substituents is 4. The maximum Gasteiger partial charge on any atom is 0.137 e. The van der Waals surface area contributed by atoms with Crippen molar-refractivity contribution in [2.45, 2.75) is 0 Å². The van der Waals surface area contributed by atoms with Gasteiger partial charge in [0.25, 0.3) is 0 Å². The minimum atomic E-state index is 0.000646. The van der Waals surface area contributed by atoms with Crippen molar-refractivity contribution in [3.05, 3.63) is 131 Å². The van der Waals surface area contributed by atoms with E-state index in [0.717, 1.165) is 17.9 Å². The Balaban J connectivity index is 1.54. The Hall–Kier alpha value is -3.48. The highest BCUT2D eigenvalue weighted by Gasteiger charge is 2.24. The number of aromatic amines is 2. The van der Waals surface area contributed by atoms with Crippen LogP contribution in [0, 0.1) is 0 Å². The molecule has 9 rings (SSSR count). The zero-order chi connectivity index (χ0) is 42.3. The van der Waals surface area contributed by atoms with Gasteiger partial charge in [-0.1, -0.05) is 63.7 Å². The van der Waals surface area contributed by atoms with Crippen molar-refractivity contribution in [1.29, 1.82) is 0 Å². The SMILES string of the molecule is Oc1c(Br)cc(Br)cc1-c1c2nc(c(-c3cc(Br)cc(Br)c3O)c3ccc([nH]3)c(-c3cc(Br)cc(Br)c3O)c3nc(c(-c4cc(Br)cc(Br)c4O)c4ccc1[nH]4)C=C3)C=C2. The lowest BCUT2D eigenvalue weighted by atomic mass is 10.0. The van der Waals surface area contributed by atoms with E-state index in [1.807, 2.05) is 72.8 Å². The number of aromatic nitrogens is 4. The van der Waals surface area contributed by atoms with Crippen LogP contribution in [0.4, 0.5) is 0 Å². The van der Waals surface area contributed by atoms with Crippen molar-refractivity contribution in [3.63, 3.8) is 0 Å². The average molecular weight is 1310 g/mol.